The Morgan fingerprint density at radius 1 is 1.19 bits per heavy atom. The molecule has 1 saturated heterocycles. The van der Waals surface area contributed by atoms with E-state index in [1.54, 1.807) is 12.1 Å². The van der Waals surface area contributed by atoms with Crippen molar-refractivity contribution in [3.8, 4) is 5.75 Å². The molecule has 1 aromatic rings. The minimum absolute atomic E-state index is 0.0111. The maximum absolute atomic E-state index is 12.1. The van der Waals surface area contributed by atoms with Crippen molar-refractivity contribution in [1.82, 2.24) is 10.2 Å². The smallest absolute Gasteiger partial charge is 0.406 e. The standard InChI is InChI=1S/C14H19F3N2O2/c15-14(16,17)21-12-3-1-11(2-4-12)13(5-10-20)19-8-6-18-7-9-19/h1-4,13,18,20H,5-10H2/t13-/m0/s1. The molecule has 21 heavy (non-hydrogen) atoms. The van der Waals surface area contributed by atoms with E-state index < -0.39 is 6.36 Å². The molecule has 0 bridgehead atoms. The van der Waals surface area contributed by atoms with Crippen molar-refractivity contribution in [2.45, 2.75) is 18.8 Å². The van der Waals surface area contributed by atoms with Crippen LogP contribution in [0, 0.1) is 0 Å². The van der Waals surface area contributed by atoms with Gasteiger partial charge in [-0.1, -0.05) is 12.1 Å². The normalized spacial score (nSPS) is 18.5. The first-order valence-corrected chi connectivity index (χ1v) is 6.91. The van der Waals surface area contributed by atoms with E-state index in [2.05, 4.69) is 15.0 Å². The van der Waals surface area contributed by atoms with Crippen LogP contribution in [0.2, 0.25) is 0 Å². The minimum Gasteiger partial charge on any atom is -0.406 e. The summed E-state index contributed by atoms with van der Waals surface area (Å²) in [6.45, 7) is 3.49. The van der Waals surface area contributed by atoms with Crippen molar-refractivity contribution in [1.29, 1.82) is 0 Å². The van der Waals surface area contributed by atoms with Gasteiger partial charge in [0.05, 0.1) is 0 Å². The number of alkyl halides is 3. The summed E-state index contributed by atoms with van der Waals surface area (Å²) >= 11 is 0. The lowest BCUT2D eigenvalue weighted by atomic mass is 10.0. The maximum Gasteiger partial charge on any atom is 0.573 e. The lowest BCUT2D eigenvalue weighted by molar-refractivity contribution is -0.274. The molecule has 1 atom stereocenters. The van der Waals surface area contributed by atoms with Crippen LogP contribution in [-0.4, -0.2) is 49.2 Å². The fraction of sp³-hybridized carbons (Fsp3) is 0.571. The lowest BCUT2D eigenvalue weighted by Crippen LogP contribution is -2.45. The molecular weight excluding hydrogens is 285 g/mol. The number of hydrogen-bond acceptors (Lipinski definition) is 4. The largest absolute Gasteiger partial charge is 0.573 e. The van der Waals surface area contributed by atoms with Gasteiger partial charge in [0.25, 0.3) is 0 Å². The Balaban J connectivity index is 2.09. The molecule has 0 unspecified atom stereocenters. The molecule has 118 valence electrons. The maximum atomic E-state index is 12.1. The Labute approximate surface area is 121 Å². The van der Waals surface area contributed by atoms with Crippen molar-refractivity contribution in [2.24, 2.45) is 0 Å². The van der Waals surface area contributed by atoms with Crippen LogP contribution >= 0.6 is 0 Å². The zero-order chi connectivity index (χ0) is 15.3. The first-order chi connectivity index (χ1) is 9.99. The van der Waals surface area contributed by atoms with Crippen LogP contribution in [0.25, 0.3) is 0 Å². The molecule has 1 fully saturated rings. The number of rotatable bonds is 5. The second-order valence-corrected chi connectivity index (χ2v) is 4.93. The number of ether oxygens (including phenoxy) is 1. The lowest BCUT2D eigenvalue weighted by Gasteiger charge is -2.35. The molecule has 0 aromatic heterocycles. The molecule has 0 saturated carbocycles. The van der Waals surface area contributed by atoms with Crippen molar-refractivity contribution >= 4 is 0 Å². The molecule has 1 aliphatic heterocycles. The van der Waals surface area contributed by atoms with E-state index in [9.17, 15) is 18.3 Å². The van der Waals surface area contributed by atoms with Crippen molar-refractivity contribution in [3.05, 3.63) is 29.8 Å². The second-order valence-electron chi connectivity index (χ2n) is 4.93. The predicted molar refractivity (Wildman–Crippen MR) is 72.0 cm³/mol. The van der Waals surface area contributed by atoms with Gasteiger partial charge >= 0.3 is 6.36 Å². The Hall–Kier alpha value is -1.31. The number of nitrogens with zero attached hydrogens (tertiary/aromatic N) is 1. The van der Waals surface area contributed by atoms with E-state index in [1.807, 2.05) is 0 Å². The summed E-state index contributed by atoms with van der Waals surface area (Å²) < 4.78 is 40.3. The highest BCUT2D eigenvalue weighted by Gasteiger charge is 2.31. The number of halogens is 3. The van der Waals surface area contributed by atoms with E-state index in [0.29, 0.717) is 6.42 Å². The molecule has 2 N–H and O–H groups in total. The van der Waals surface area contributed by atoms with Crippen LogP contribution < -0.4 is 10.1 Å². The Morgan fingerprint density at radius 2 is 1.81 bits per heavy atom. The van der Waals surface area contributed by atoms with Crippen molar-refractivity contribution < 1.29 is 23.0 Å². The molecule has 4 nitrogen and oxygen atoms in total. The molecule has 7 heteroatoms. The quantitative estimate of drug-likeness (QED) is 0.872. The Morgan fingerprint density at radius 3 is 2.33 bits per heavy atom. The van der Waals surface area contributed by atoms with E-state index in [0.717, 1.165) is 31.7 Å². The fourth-order valence-electron chi connectivity index (χ4n) is 2.57. The van der Waals surface area contributed by atoms with Gasteiger partial charge in [0.2, 0.25) is 0 Å². The van der Waals surface area contributed by atoms with E-state index in [1.165, 1.54) is 12.1 Å². The highest BCUT2D eigenvalue weighted by atomic mass is 19.4. The van der Waals surface area contributed by atoms with Crippen LogP contribution in [0.1, 0.15) is 18.0 Å². The average molecular weight is 304 g/mol. The number of piperazine rings is 1. The molecule has 0 spiro atoms. The van der Waals surface area contributed by atoms with Gasteiger partial charge in [-0.15, -0.1) is 13.2 Å². The summed E-state index contributed by atoms with van der Waals surface area (Å²) in [6, 6.07) is 5.90. The summed E-state index contributed by atoms with van der Waals surface area (Å²) in [4.78, 5) is 2.23. The van der Waals surface area contributed by atoms with Crippen LogP contribution in [-0.2, 0) is 0 Å². The first-order valence-electron chi connectivity index (χ1n) is 6.91. The van der Waals surface area contributed by atoms with Crippen LogP contribution in [0.4, 0.5) is 13.2 Å². The summed E-state index contributed by atoms with van der Waals surface area (Å²) in [7, 11) is 0. The number of benzene rings is 1. The third-order valence-electron chi connectivity index (χ3n) is 3.49. The molecule has 1 aromatic carbocycles. The summed E-state index contributed by atoms with van der Waals surface area (Å²) in [6.07, 6.45) is -4.12. The number of hydrogen-bond donors (Lipinski definition) is 2. The van der Waals surface area contributed by atoms with Gasteiger partial charge in [-0.2, -0.15) is 0 Å². The zero-order valence-electron chi connectivity index (χ0n) is 11.6. The molecule has 1 aliphatic rings. The highest BCUT2D eigenvalue weighted by molar-refractivity contribution is 5.29. The zero-order valence-corrected chi connectivity index (χ0v) is 11.6. The number of aliphatic hydroxyl groups is 1. The molecule has 0 aliphatic carbocycles. The third kappa shape index (κ3) is 4.87. The SMILES string of the molecule is OCC[C@@H](c1ccc(OC(F)(F)F)cc1)N1CCNCC1. The van der Waals surface area contributed by atoms with E-state index >= 15 is 0 Å². The third-order valence-corrected chi connectivity index (χ3v) is 3.49. The van der Waals surface area contributed by atoms with Gasteiger partial charge < -0.3 is 15.2 Å². The highest BCUT2D eigenvalue weighted by Crippen LogP contribution is 2.28. The van der Waals surface area contributed by atoms with Crippen LogP contribution in [0.5, 0.6) is 5.75 Å². The summed E-state index contributed by atoms with van der Waals surface area (Å²) in [5, 5.41) is 12.5. The van der Waals surface area contributed by atoms with E-state index in [4.69, 9.17) is 0 Å². The second kappa shape index (κ2) is 7.11. The first kappa shape index (κ1) is 16.1. The van der Waals surface area contributed by atoms with Gasteiger partial charge in [0.1, 0.15) is 5.75 Å². The van der Waals surface area contributed by atoms with Gasteiger partial charge in [-0.25, -0.2) is 0 Å². The predicted octanol–water partition coefficient (Wildman–Crippen LogP) is 1.91. The van der Waals surface area contributed by atoms with Crippen LogP contribution in [0.15, 0.2) is 24.3 Å². The molecule has 2 rings (SSSR count). The van der Waals surface area contributed by atoms with Crippen molar-refractivity contribution in [3.63, 3.8) is 0 Å². The number of nitrogens with one attached hydrogen (secondary N) is 1. The van der Waals surface area contributed by atoms with Gasteiger partial charge in [0, 0.05) is 38.8 Å². The van der Waals surface area contributed by atoms with Crippen LogP contribution in [0.3, 0.4) is 0 Å². The van der Waals surface area contributed by atoms with Crippen molar-refractivity contribution in [2.75, 3.05) is 32.8 Å². The molecule has 1 heterocycles. The summed E-state index contributed by atoms with van der Waals surface area (Å²) in [5.74, 6) is -0.227. The number of aliphatic hydroxyl groups excluding tert-OH is 1. The average Bonchev–Trinajstić information content (AvgIpc) is 2.45. The van der Waals surface area contributed by atoms with E-state index in [-0.39, 0.29) is 18.4 Å². The van der Waals surface area contributed by atoms with Gasteiger partial charge in [0.15, 0.2) is 0 Å². The van der Waals surface area contributed by atoms with Gasteiger partial charge in [-0.05, 0) is 24.1 Å². The topological polar surface area (TPSA) is 44.7 Å². The Kier molecular flexibility index (Phi) is 5.44. The Bertz CT molecular complexity index is 431. The molecule has 0 amide bonds. The fourth-order valence-corrected chi connectivity index (χ4v) is 2.57. The summed E-state index contributed by atoms with van der Waals surface area (Å²) in [5.41, 5.74) is 0.889. The van der Waals surface area contributed by atoms with Gasteiger partial charge in [-0.3, -0.25) is 4.90 Å². The molecule has 0 radical (unpaired) electrons. The monoisotopic (exact) mass is 304 g/mol. The minimum atomic E-state index is -4.68. The molecular formula is C14H19F3N2O2.